The van der Waals surface area contributed by atoms with Crippen LogP contribution in [0.15, 0.2) is 24.3 Å². The molecule has 0 aromatic heterocycles. The molecule has 0 aliphatic heterocycles. The van der Waals surface area contributed by atoms with E-state index in [2.05, 4.69) is 6.07 Å². The Morgan fingerprint density at radius 1 is 1.31 bits per heavy atom. The van der Waals surface area contributed by atoms with Gasteiger partial charge in [0.2, 0.25) is 0 Å². The monoisotopic (exact) mass is 176 g/mol. The van der Waals surface area contributed by atoms with E-state index >= 15 is 0 Å². The van der Waals surface area contributed by atoms with Crippen molar-refractivity contribution in [2.75, 3.05) is 0 Å². The van der Waals surface area contributed by atoms with Crippen molar-refractivity contribution in [2.45, 2.75) is 19.3 Å². The van der Waals surface area contributed by atoms with Crippen molar-refractivity contribution in [3.8, 4) is 0 Å². The van der Waals surface area contributed by atoms with Gasteiger partial charge in [-0.15, -0.1) is 0 Å². The van der Waals surface area contributed by atoms with E-state index in [1.54, 1.807) is 0 Å². The number of fused-ring (bicyclic) bond motifs is 1. The van der Waals surface area contributed by atoms with E-state index in [9.17, 15) is 4.79 Å². The Kier molecular flexibility index (Phi) is 2.05. The molecule has 2 rings (SSSR count). The molecule has 1 aliphatic rings. The molecular formula is C11H12O2. The molecule has 0 spiro atoms. The van der Waals surface area contributed by atoms with E-state index in [-0.39, 0.29) is 5.92 Å². The van der Waals surface area contributed by atoms with Crippen LogP contribution in [0.3, 0.4) is 0 Å². The molecule has 0 bridgehead atoms. The highest BCUT2D eigenvalue weighted by atomic mass is 16.4. The fraction of sp³-hybridized carbons (Fsp3) is 0.364. The first kappa shape index (κ1) is 8.30. The second kappa shape index (κ2) is 3.21. The maximum absolute atomic E-state index is 10.8. The standard InChI is InChI=1S/C11H12O2/c12-11(13)10-6-5-8-3-1-2-4-9(8)7-10/h1-4,10H,5-7H2,(H,12,13)/t10-/m1/s1. The average Bonchev–Trinajstić information content (AvgIpc) is 2.17. The number of hydrogen-bond donors (Lipinski definition) is 1. The van der Waals surface area contributed by atoms with E-state index in [1.165, 1.54) is 11.1 Å². The molecule has 1 N–H and O–H groups in total. The van der Waals surface area contributed by atoms with Crippen LogP contribution in [-0.4, -0.2) is 11.1 Å². The molecule has 13 heavy (non-hydrogen) atoms. The van der Waals surface area contributed by atoms with E-state index in [1.807, 2.05) is 18.2 Å². The molecule has 68 valence electrons. The Morgan fingerprint density at radius 2 is 2.00 bits per heavy atom. The van der Waals surface area contributed by atoms with Gasteiger partial charge in [0.05, 0.1) is 5.92 Å². The summed E-state index contributed by atoms with van der Waals surface area (Å²) in [5.41, 5.74) is 2.53. The van der Waals surface area contributed by atoms with Crippen LogP contribution in [0.1, 0.15) is 17.5 Å². The zero-order valence-electron chi connectivity index (χ0n) is 7.36. The summed E-state index contributed by atoms with van der Waals surface area (Å²) in [6, 6.07) is 8.11. The number of benzene rings is 1. The molecule has 0 saturated heterocycles. The SMILES string of the molecule is O=C(O)[C@@H]1CCc2ccccc2C1. The predicted octanol–water partition coefficient (Wildman–Crippen LogP) is 1.88. The molecule has 2 nitrogen and oxygen atoms in total. The van der Waals surface area contributed by atoms with E-state index in [0.717, 1.165) is 12.8 Å². The maximum atomic E-state index is 10.8. The molecule has 2 heteroatoms. The first-order valence-electron chi connectivity index (χ1n) is 4.57. The van der Waals surface area contributed by atoms with E-state index in [0.29, 0.717) is 6.42 Å². The lowest BCUT2D eigenvalue weighted by atomic mass is 9.84. The van der Waals surface area contributed by atoms with Crippen molar-refractivity contribution in [3.05, 3.63) is 35.4 Å². The number of hydrogen-bond acceptors (Lipinski definition) is 1. The van der Waals surface area contributed by atoms with Gasteiger partial charge >= 0.3 is 5.97 Å². The van der Waals surface area contributed by atoms with Crippen molar-refractivity contribution in [1.29, 1.82) is 0 Å². The lowest BCUT2D eigenvalue weighted by molar-refractivity contribution is -0.142. The van der Waals surface area contributed by atoms with Crippen LogP contribution in [-0.2, 0) is 17.6 Å². The third-order valence-corrected chi connectivity index (χ3v) is 2.70. The second-order valence-electron chi connectivity index (χ2n) is 3.55. The van der Waals surface area contributed by atoms with Gasteiger partial charge in [-0.25, -0.2) is 0 Å². The average molecular weight is 176 g/mol. The summed E-state index contributed by atoms with van der Waals surface area (Å²) in [7, 11) is 0. The maximum Gasteiger partial charge on any atom is 0.306 e. The normalized spacial score (nSPS) is 20.8. The first-order chi connectivity index (χ1) is 6.27. The number of rotatable bonds is 1. The van der Waals surface area contributed by atoms with Crippen LogP contribution < -0.4 is 0 Å². The van der Waals surface area contributed by atoms with Crippen LogP contribution >= 0.6 is 0 Å². The highest BCUT2D eigenvalue weighted by Crippen LogP contribution is 2.25. The number of aryl methyl sites for hydroxylation is 1. The molecule has 0 saturated carbocycles. The van der Waals surface area contributed by atoms with Crippen molar-refractivity contribution in [2.24, 2.45) is 5.92 Å². The van der Waals surface area contributed by atoms with Gasteiger partial charge in [-0.3, -0.25) is 4.79 Å². The molecule has 0 heterocycles. The lowest BCUT2D eigenvalue weighted by Crippen LogP contribution is -2.21. The summed E-state index contributed by atoms with van der Waals surface area (Å²) < 4.78 is 0. The largest absolute Gasteiger partial charge is 0.481 e. The van der Waals surface area contributed by atoms with Gasteiger partial charge in [-0.1, -0.05) is 24.3 Å². The summed E-state index contributed by atoms with van der Waals surface area (Å²) >= 11 is 0. The van der Waals surface area contributed by atoms with Crippen LogP contribution in [0.4, 0.5) is 0 Å². The summed E-state index contributed by atoms with van der Waals surface area (Å²) in [5.74, 6) is -0.829. The third kappa shape index (κ3) is 1.57. The number of aliphatic carboxylic acids is 1. The molecule has 0 fully saturated rings. The Labute approximate surface area is 77.2 Å². The quantitative estimate of drug-likeness (QED) is 0.709. The van der Waals surface area contributed by atoms with Crippen molar-refractivity contribution in [1.82, 2.24) is 0 Å². The highest BCUT2D eigenvalue weighted by Gasteiger charge is 2.23. The Balaban J connectivity index is 2.24. The van der Waals surface area contributed by atoms with Gasteiger partial charge in [0.15, 0.2) is 0 Å². The molecule has 0 amide bonds. The highest BCUT2D eigenvalue weighted by molar-refractivity contribution is 5.71. The molecular weight excluding hydrogens is 164 g/mol. The van der Waals surface area contributed by atoms with E-state index < -0.39 is 5.97 Å². The number of carboxylic acid groups (broad SMARTS) is 1. The molecule has 1 aliphatic carbocycles. The summed E-state index contributed by atoms with van der Waals surface area (Å²) in [5, 5.41) is 8.86. The van der Waals surface area contributed by atoms with Gasteiger partial charge < -0.3 is 5.11 Å². The van der Waals surface area contributed by atoms with Crippen molar-refractivity contribution >= 4 is 5.97 Å². The summed E-state index contributed by atoms with van der Waals surface area (Å²) in [6.45, 7) is 0. The van der Waals surface area contributed by atoms with Crippen LogP contribution in [0, 0.1) is 5.92 Å². The minimum atomic E-state index is -0.658. The molecule has 0 radical (unpaired) electrons. The van der Waals surface area contributed by atoms with Gasteiger partial charge in [0.1, 0.15) is 0 Å². The van der Waals surface area contributed by atoms with Crippen molar-refractivity contribution < 1.29 is 9.90 Å². The van der Waals surface area contributed by atoms with Crippen LogP contribution in [0.2, 0.25) is 0 Å². The third-order valence-electron chi connectivity index (χ3n) is 2.70. The molecule has 1 aromatic rings. The lowest BCUT2D eigenvalue weighted by Gasteiger charge is -2.20. The zero-order chi connectivity index (χ0) is 9.26. The van der Waals surface area contributed by atoms with Crippen LogP contribution in [0.25, 0.3) is 0 Å². The summed E-state index contributed by atoms with van der Waals surface area (Å²) in [4.78, 5) is 10.8. The minimum absolute atomic E-state index is 0.171. The molecule has 0 unspecified atom stereocenters. The van der Waals surface area contributed by atoms with Gasteiger partial charge in [0, 0.05) is 0 Å². The predicted molar refractivity (Wildman–Crippen MR) is 49.6 cm³/mol. The zero-order valence-corrected chi connectivity index (χ0v) is 7.36. The number of carboxylic acids is 1. The van der Waals surface area contributed by atoms with E-state index in [4.69, 9.17) is 5.11 Å². The number of carbonyl (C=O) groups is 1. The topological polar surface area (TPSA) is 37.3 Å². The fourth-order valence-electron chi connectivity index (χ4n) is 1.91. The van der Waals surface area contributed by atoms with Crippen molar-refractivity contribution in [3.63, 3.8) is 0 Å². The minimum Gasteiger partial charge on any atom is -0.481 e. The smallest absolute Gasteiger partial charge is 0.306 e. The Bertz CT molecular complexity index is 331. The Morgan fingerprint density at radius 3 is 2.69 bits per heavy atom. The van der Waals surface area contributed by atoms with Crippen LogP contribution in [0.5, 0.6) is 0 Å². The first-order valence-corrected chi connectivity index (χ1v) is 4.57. The summed E-state index contributed by atoms with van der Waals surface area (Å²) in [6.07, 6.45) is 2.39. The van der Waals surface area contributed by atoms with Gasteiger partial charge in [0.25, 0.3) is 0 Å². The second-order valence-corrected chi connectivity index (χ2v) is 3.55. The van der Waals surface area contributed by atoms with Gasteiger partial charge in [-0.05, 0) is 30.4 Å². The molecule has 1 aromatic carbocycles. The fourth-order valence-corrected chi connectivity index (χ4v) is 1.91. The Hall–Kier alpha value is -1.31. The molecule has 1 atom stereocenters. The van der Waals surface area contributed by atoms with Gasteiger partial charge in [-0.2, -0.15) is 0 Å².